The lowest BCUT2D eigenvalue weighted by Gasteiger charge is -2.08. The molecule has 1 N–H and O–H groups in total. The Morgan fingerprint density at radius 2 is 1.90 bits per heavy atom. The SMILES string of the molecule is Cc1ncc(C(=O)Nc2ccc(Oc3ccnc(-c4cnn(C)c4)n3)cn2)c(=O)n1C. The van der Waals surface area contributed by atoms with E-state index >= 15 is 0 Å². The third-order valence-corrected chi connectivity index (χ3v) is 4.44. The number of nitrogens with one attached hydrogen (secondary N) is 1. The fraction of sp³-hybridized carbons (Fsp3) is 0.150. The van der Waals surface area contributed by atoms with Gasteiger partial charge in [0.2, 0.25) is 5.88 Å². The van der Waals surface area contributed by atoms with E-state index in [1.807, 2.05) is 7.05 Å². The average Bonchev–Trinajstić information content (AvgIpc) is 3.20. The van der Waals surface area contributed by atoms with Crippen LogP contribution >= 0.6 is 0 Å². The number of aryl methyl sites for hydroxylation is 2. The molecule has 0 fully saturated rings. The second kappa shape index (κ2) is 8.14. The van der Waals surface area contributed by atoms with Crippen molar-refractivity contribution in [3.05, 3.63) is 70.9 Å². The lowest BCUT2D eigenvalue weighted by Crippen LogP contribution is -2.29. The molecule has 11 nitrogen and oxygen atoms in total. The molecule has 0 aliphatic carbocycles. The third-order valence-electron chi connectivity index (χ3n) is 4.44. The van der Waals surface area contributed by atoms with Crippen LogP contribution in [0.2, 0.25) is 0 Å². The minimum absolute atomic E-state index is 0.0702. The highest BCUT2D eigenvalue weighted by molar-refractivity contribution is 6.03. The van der Waals surface area contributed by atoms with Gasteiger partial charge in [0, 0.05) is 38.8 Å². The van der Waals surface area contributed by atoms with Crippen LogP contribution in [0.15, 0.2) is 54.0 Å². The van der Waals surface area contributed by atoms with E-state index in [9.17, 15) is 9.59 Å². The van der Waals surface area contributed by atoms with Crippen LogP contribution in [-0.2, 0) is 14.1 Å². The van der Waals surface area contributed by atoms with Gasteiger partial charge in [-0.15, -0.1) is 0 Å². The summed E-state index contributed by atoms with van der Waals surface area (Å²) < 4.78 is 8.69. The van der Waals surface area contributed by atoms with Crippen LogP contribution in [0.25, 0.3) is 11.4 Å². The monoisotopic (exact) mass is 418 g/mol. The normalized spacial score (nSPS) is 10.7. The highest BCUT2D eigenvalue weighted by Crippen LogP contribution is 2.22. The van der Waals surface area contributed by atoms with E-state index < -0.39 is 11.5 Å². The van der Waals surface area contributed by atoms with Crippen molar-refractivity contribution in [1.82, 2.24) is 34.3 Å². The molecule has 0 atom stereocenters. The third kappa shape index (κ3) is 4.29. The van der Waals surface area contributed by atoms with Gasteiger partial charge in [0.1, 0.15) is 23.0 Å². The summed E-state index contributed by atoms with van der Waals surface area (Å²) >= 11 is 0. The maximum atomic E-state index is 12.4. The molecule has 4 aromatic heterocycles. The molecule has 0 saturated carbocycles. The zero-order chi connectivity index (χ0) is 22.0. The number of hydrogen-bond donors (Lipinski definition) is 1. The minimum Gasteiger partial charge on any atom is -0.437 e. The Morgan fingerprint density at radius 1 is 1.06 bits per heavy atom. The zero-order valence-electron chi connectivity index (χ0n) is 17.0. The molecule has 0 bridgehead atoms. The molecule has 4 heterocycles. The van der Waals surface area contributed by atoms with Crippen molar-refractivity contribution >= 4 is 11.7 Å². The topological polar surface area (TPSA) is 130 Å². The molecule has 0 radical (unpaired) electrons. The molecule has 156 valence electrons. The quantitative estimate of drug-likeness (QED) is 0.518. The van der Waals surface area contributed by atoms with Crippen molar-refractivity contribution in [3.8, 4) is 23.0 Å². The van der Waals surface area contributed by atoms with Gasteiger partial charge in [-0.2, -0.15) is 10.1 Å². The minimum atomic E-state index is -0.591. The summed E-state index contributed by atoms with van der Waals surface area (Å²) in [5, 5.41) is 6.68. The molecule has 0 aliphatic rings. The Balaban J connectivity index is 1.46. The molecule has 0 aliphatic heterocycles. The zero-order valence-corrected chi connectivity index (χ0v) is 17.0. The molecule has 4 rings (SSSR count). The van der Waals surface area contributed by atoms with Crippen molar-refractivity contribution in [2.75, 3.05) is 5.32 Å². The van der Waals surface area contributed by atoms with Crippen LogP contribution < -0.4 is 15.6 Å². The van der Waals surface area contributed by atoms with Gasteiger partial charge in [-0.1, -0.05) is 0 Å². The van der Waals surface area contributed by atoms with E-state index in [2.05, 4.69) is 30.4 Å². The smallest absolute Gasteiger partial charge is 0.266 e. The molecule has 0 unspecified atom stereocenters. The van der Waals surface area contributed by atoms with Gasteiger partial charge in [-0.3, -0.25) is 18.8 Å². The number of pyridine rings is 1. The van der Waals surface area contributed by atoms with Crippen molar-refractivity contribution in [3.63, 3.8) is 0 Å². The first-order valence-electron chi connectivity index (χ1n) is 9.20. The van der Waals surface area contributed by atoms with Crippen molar-refractivity contribution < 1.29 is 9.53 Å². The van der Waals surface area contributed by atoms with Crippen molar-refractivity contribution in [2.24, 2.45) is 14.1 Å². The maximum Gasteiger partial charge on any atom is 0.266 e. The summed E-state index contributed by atoms with van der Waals surface area (Å²) in [6.07, 6.45) is 7.74. The van der Waals surface area contributed by atoms with E-state index in [0.29, 0.717) is 23.3 Å². The summed E-state index contributed by atoms with van der Waals surface area (Å²) in [5.74, 6) is 1.42. The van der Waals surface area contributed by atoms with Gasteiger partial charge < -0.3 is 10.1 Å². The Labute approximate surface area is 176 Å². The summed E-state index contributed by atoms with van der Waals surface area (Å²) in [7, 11) is 3.36. The predicted octanol–water partition coefficient (Wildman–Crippen LogP) is 1.72. The first kappa shape index (κ1) is 19.9. The Morgan fingerprint density at radius 3 is 2.61 bits per heavy atom. The molecule has 0 spiro atoms. The van der Waals surface area contributed by atoms with Crippen LogP contribution in [0.4, 0.5) is 5.82 Å². The number of aromatic nitrogens is 7. The fourth-order valence-electron chi connectivity index (χ4n) is 2.68. The predicted molar refractivity (Wildman–Crippen MR) is 111 cm³/mol. The number of carbonyl (C=O) groups excluding carboxylic acids is 1. The first-order chi connectivity index (χ1) is 14.9. The van der Waals surface area contributed by atoms with Gasteiger partial charge >= 0.3 is 0 Å². The van der Waals surface area contributed by atoms with E-state index in [-0.39, 0.29) is 11.4 Å². The number of amides is 1. The summed E-state index contributed by atoms with van der Waals surface area (Å²) in [6, 6.07) is 4.80. The first-order valence-corrected chi connectivity index (χ1v) is 9.20. The number of ether oxygens (including phenoxy) is 1. The van der Waals surface area contributed by atoms with Gasteiger partial charge in [-0.25, -0.2) is 15.0 Å². The molecule has 0 aromatic carbocycles. The summed E-state index contributed by atoms with van der Waals surface area (Å²) in [5.41, 5.74) is 0.262. The Hall–Kier alpha value is -4.41. The maximum absolute atomic E-state index is 12.4. The van der Waals surface area contributed by atoms with Crippen LogP contribution in [0, 0.1) is 6.92 Å². The summed E-state index contributed by atoms with van der Waals surface area (Å²) in [6.45, 7) is 1.68. The van der Waals surface area contributed by atoms with Crippen LogP contribution in [0.3, 0.4) is 0 Å². The highest BCUT2D eigenvalue weighted by atomic mass is 16.5. The molecule has 4 aromatic rings. The number of carbonyl (C=O) groups is 1. The molecular weight excluding hydrogens is 400 g/mol. The second-order valence-electron chi connectivity index (χ2n) is 6.64. The molecule has 11 heteroatoms. The molecule has 0 saturated heterocycles. The van der Waals surface area contributed by atoms with Gasteiger partial charge in [0.15, 0.2) is 5.82 Å². The highest BCUT2D eigenvalue weighted by Gasteiger charge is 2.14. The van der Waals surface area contributed by atoms with Crippen molar-refractivity contribution in [1.29, 1.82) is 0 Å². The molecule has 31 heavy (non-hydrogen) atoms. The van der Waals surface area contributed by atoms with Crippen LogP contribution in [-0.4, -0.2) is 40.2 Å². The number of anilines is 1. The average molecular weight is 418 g/mol. The van der Waals surface area contributed by atoms with Crippen LogP contribution in [0.1, 0.15) is 16.2 Å². The lowest BCUT2D eigenvalue weighted by molar-refractivity contribution is 0.102. The molecular formula is C20H18N8O3. The van der Waals surface area contributed by atoms with Gasteiger partial charge in [-0.05, 0) is 19.1 Å². The second-order valence-corrected chi connectivity index (χ2v) is 6.64. The molecule has 1 amide bonds. The Kier molecular flexibility index (Phi) is 5.22. The number of rotatable bonds is 5. The van der Waals surface area contributed by atoms with Gasteiger partial charge in [0.05, 0.1) is 18.0 Å². The van der Waals surface area contributed by atoms with E-state index in [1.54, 1.807) is 55.4 Å². The Bertz CT molecular complexity index is 1310. The largest absolute Gasteiger partial charge is 0.437 e. The van der Waals surface area contributed by atoms with E-state index in [1.165, 1.54) is 17.0 Å². The number of nitrogens with zero attached hydrogens (tertiary/aromatic N) is 7. The van der Waals surface area contributed by atoms with Crippen LogP contribution in [0.5, 0.6) is 11.6 Å². The fourth-order valence-corrected chi connectivity index (χ4v) is 2.68. The van der Waals surface area contributed by atoms with E-state index in [4.69, 9.17) is 4.74 Å². The van der Waals surface area contributed by atoms with Gasteiger partial charge in [0.25, 0.3) is 11.5 Å². The lowest BCUT2D eigenvalue weighted by atomic mass is 10.3. The summed E-state index contributed by atoms with van der Waals surface area (Å²) in [4.78, 5) is 41.4. The van der Waals surface area contributed by atoms with E-state index in [0.717, 1.165) is 5.56 Å². The number of hydrogen-bond acceptors (Lipinski definition) is 8. The van der Waals surface area contributed by atoms with Crippen molar-refractivity contribution in [2.45, 2.75) is 6.92 Å². The standard InChI is InChI=1S/C20H18N8O3/c1-12-22-10-15(20(30)28(12)3)19(29)25-16-5-4-14(9-23-16)31-17-6-7-21-18(26-17)13-8-24-27(2)11-13/h4-11H,1-3H3,(H,23,25,29).